The first-order valence-electron chi connectivity index (χ1n) is 12.9. The van der Waals surface area contributed by atoms with Gasteiger partial charge in [0.1, 0.15) is 6.04 Å². The predicted octanol–water partition coefficient (Wildman–Crippen LogP) is 2.42. The Balaban J connectivity index is 1.18. The summed E-state index contributed by atoms with van der Waals surface area (Å²) >= 11 is 0. The standard InChI is InChI=1S/C26H39N5O2/c1-29(17-20-5-3-2-4-6-20)22-15-23-25(33)28-26(16-24(32)31(23)19-22)9-13-30(14-10-26)18-21-7-11-27-12-8-21/h7-8,11-12,20,22-23H,2-6,9-10,13-19H2,1H3,(H,28,33)/t22-,23-/m0/s1. The van der Waals surface area contributed by atoms with Gasteiger partial charge in [-0.25, -0.2) is 0 Å². The molecule has 1 aromatic rings. The molecule has 0 aromatic carbocycles. The first-order chi connectivity index (χ1) is 16.0. The summed E-state index contributed by atoms with van der Waals surface area (Å²) in [6.07, 6.45) is 13.3. The second-order valence-corrected chi connectivity index (χ2v) is 11.0. The first-order valence-corrected chi connectivity index (χ1v) is 12.9. The number of fused-ring (bicyclic) bond motifs is 1. The molecule has 3 aliphatic heterocycles. The lowest BCUT2D eigenvalue weighted by Gasteiger charge is -2.41. The Bertz CT molecular complexity index is 804. The maximum Gasteiger partial charge on any atom is 0.243 e. The van der Waals surface area contributed by atoms with Gasteiger partial charge < -0.3 is 15.1 Å². The first kappa shape index (κ1) is 22.8. The number of likely N-dealkylation sites (tertiary alicyclic amines) is 1. The maximum absolute atomic E-state index is 13.3. The molecule has 4 fully saturated rings. The molecule has 2 amide bonds. The van der Waals surface area contributed by atoms with Crippen molar-refractivity contribution in [1.29, 1.82) is 0 Å². The Hall–Kier alpha value is -1.99. The molecule has 1 aromatic heterocycles. The van der Waals surface area contributed by atoms with Crippen LogP contribution in [0.5, 0.6) is 0 Å². The second kappa shape index (κ2) is 9.71. The fraction of sp³-hybridized carbons (Fsp3) is 0.731. The summed E-state index contributed by atoms with van der Waals surface area (Å²) in [5.74, 6) is 1.00. The average Bonchev–Trinajstić information content (AvgIpc) is 3.25. The van der Waals surface area contributed by atoms with E-state index in [1.54, 1.807) is 0 Å². The van der Waals surface area contributed by atoms with Gasteiger partial charge in [-0.15, -0.1) is 0 Å². The molecule has 4 heterocycles. The number of aromatic nitrogens is 1. The van der Waals surface area contributed by atoms with E-state index >= 15 is 0 Å². The third-order valence-corrected chi connectivity index (χ3v) is 8.64. The van der Waals surface area contributed by atoms with Crippen molar-refractivity contribution in [3.63, 3.8) is 0 Å². The zero-order valence-electron chi connectivity index (χ0n) is 20.0. The summed E-state index contributed by atoms with van der Waals surface area (Å²) in [4.78, 5) is 37.5. The zero-order chi connectivity index (χ0) is 22.8. The van der Waals surface area contributed by atoms with Gasteiger partial charge in [0.15, 0.2) is 0 Å². The monoisotopic (exact) mass is 453 g/mol. The van der Waals surface area contributed by atoms with Crippen molar-refractivity contribution >= 4 is 11.8 Å². The van der Waals surface area contributed by atoms with E-state index in [9.17, 15) is 9.59 Å². The Labute approximate surface area is 197 Å². The van der Waals surface area contributed by atoms with Gasteiger partial charge in [0.05, 0.1) is 12.0 Å². The van der Waals surface area contributed by atoms with E-state index in [4.69, 9.17) is 0 Å². The third-order valence-electron chi connectivity index (χ3n) is 8.64. The minimum absolute atomic E-state index is 0.0667. The Morgan fingerprint density at radius 1 is 1.12 bits per heavy atom. The molecule has 0 bridgehead atoms. The summed E-state index contributed by atoms with van der Waals surface area (Å²) in [7, 11) is 2.19. The number of pyridine rings is 1. The molecule has 3 saturated heterocycles. The van der Waals surface area contributed by atoms with E-state index in [0.717, 1.165) is 51.4 Å². The van der Waals surface area contributed by atoms with Gasteiger partial charge >= 0.3 is 0 Å². The van der Waals surface area contributed by atoms with Crippen LogP contribution in [-0.2, 0) is 16.1 Å². The lowest BCUT2D eigenvalue weighted by atomic mass is 9.84. The van der Waals surface area contributed by atoms with E-state index in [1.165, 1.54) is 37.7 Å². The molecule has 7 nitrogen and oxygen atoms in total. The fourth-order valence-corrected chi connectivity index (χ4v) is 6.55. The van der Waals surface area contributed by atoms with Crippen LogP contribution in [0.3, 0.4) is 0 Å². The smallest absolute Gasteiger partial charge is 0.243 e. The molecule has 0 unspecified atom stereocenters. The lowest BCUT2D eigenvalue weighted by Crippen LogP contribution is -2.56. The quantitative estimate of drug-likeness (QED) is 0.742. The molecule has 2 atom stereocenters. The number of nitrogens with zero attached hydrogens (tertiary/aromatic N) is 4. The topological polar surface area (TPSA) is 68.8 Å². The Morgan fingerprint density at radius 2 is 1.85 bits per heavy atom. The summed E-state index contributed by atoms with van der Waals surface area (Å²) in [6.45, 7) is 4.48. The van der Waals surface area contributed by atoms with Crippen LogP contribution in [0.15, 0.2) is 24.5 Å². The van der Waals surface area contributed by atoms with Crippen molar-refractivity contribution in [2.45, 2.75) is 82.0 Å². The number of nitrogens with one attached hydrogen (secondary N) is 1. The summed E-state index contributed by atoms with van der Waals surface area (Å²) in [5, 5.41) is 3.36. The fourth-order valence-electron chi connectivity index (χ4n) is 6.55. The van der Waals surface area contributed by atoms with Crippen LogP contribution in [-0.4, -0.2) is 82.3 Å². The summed E-state index contributed by atoms with van der Waals surface area (Å²) in [6, 6.07) is 4.10. The van der Waals surface area contributed by atoms with Crippen LogP contribution in [0.25, 0.3) is 0 Å². The molecule has 4 aliphatic rings. The van der Waals surface area contributed by atoms with Gasteiger partial charge in [0, 0.05) is 51.2 Å². The van der Waals surface area contributed by atoms with Gasteiger partial charge in [0.25, 0.3) is 0 Å². The van der Waals surface area contributed by atoms with Crippen LogP contribution >= 0.6 is 0 Å². The van der Waals surface area contributed by atoms with E-state index in [2.05, 4.69) is 39.3 Å². The molecule has 1 saturated carbocycles. The highest BCUT2D eigenvalue weighted by molar-refractivity contribution is 5.92. The number of hydrogen-bond donors (Lipinski definition) is 1. The average molecular weight is 454 g/mol. The highest BCUT2D eigenvalue weighted by atomic mass is 16.2. The number of carbonyl (C=O) groups excluding carboxylic acids is 2. The molecule has 0 radical (unpaired) electrons. The maximum atomic E-state index is 13.3. The lowest BCUT2D eigenvalue weighted by molar-refractivity contribution is -0.135. The number of rotatable bonds is 5. The second-order valence-electron chi connectivity index (χ2n) is 11.0. The Kier molecular flexibility index (Phi) is 6.70. The van der Waals surface area contributed by atoms with Crippen molar-refractivity contribution in [2.24, 2.45) is 5.92 Å². The van der Waals surface area contributed by atoms with E-state index in [1.807, 2.05) is 17.3 Å². The van der Waals surface area contributed by atoms with Gasteiger partial charge in [-0.2, -0.15) is 0 Å². The molecule has 1 spiro atoms. The van der Waals surface area contributed by atoms with Crippen LogP contribution < -0.4 is 5.32 Å². The van der Waals surface area contributed by atoms with Crippen molar-refractivity contribution in [3.05, 3.63) is 30.1 Å². The third kappa shape index (κ3) is 5.09. The number of piperidine rings is 1. The van der Waals surface area contributed by atoms with Gasteiger partial charge in [-0.05, 0) is 62.8 Å². The van der Waals surface area contributed by atoms with Gasteiger partial charge in [-0.1, -0.05) is 19.3 Å². The molecule has 5 rings (SSSR count). The zero-order valence-corrected chi connectivity index (χ0v) is 20.0. The molecule has 7 heteroatoms. The highest BCUT2D eigenvalue weighted by Crippen LogP contribution is 2.34. The van der Waals surface area contributed by atoms with Crippen molar-refractivity contribution < 1.29 is 9.59 Å². The molecule has 33 heavy (non-hydrogen) atoms. The molecular weight excluding hydrogens is 414 g/mol. The minimum atomic E-state index is -0.378. The number of likely N-dealkylation sites (N-methyl/N-ethyl adjacent to an activating group) is 1. The van der Waals surface area contributed by atoms with Gasteiger partial charge in [0.2, 0.25) is 11.8 Å². The molecule has 1 aliphatic carbocycles. The number of hydrogen-bond acceptors (Lipinski definition) is 5. The molecular formula is C26H39N5O2. The Morgan fingerprint density at radius 3 is 2.58 bits per heavy atom. The van der Waals surface area contributed by atoms with E-state index in [-0.39, 0.29) is 23.4 Å². The van der Waals surface area contributed by atoms with Crippen LogP contribution in [0.1, 0.15) is 63.4 Å². The summed E-state index contributed by atoms with van der Waals surface area (Å²) in [5.41, 5.74) is 0.877. The predicted molar refractivity (Wildman–Crippen MR) is 127 cm³/mol. The SMILES string of the molecule is CN(CC1CCCCC1)[C@H]1C[C@H]2C(=O)NC3(CCN(Cc4ccncc4)CC3)CC(=O)N2C1. The van der Waals surface area contributed by atoms with Crippen LogP contribution in [0.4, 0.5) is 0 Å². The van der Waals surface area contributed by atoms with Crippen molar-refractivity contribution in [3.8, 4) is 0 Å². The normalized spacial score (nSPS) is 28.7. The molecule has 1 N–H and O–H groups in total. The van der Waals surface area contributed by atoms with Crippen LogP contribution in [0, 0.1) is 5.92 Å². The van der Waals surface area contributed by atoms with E-state index in [0.29, 0.717) is 19.0 Å². The van der Waals surface area contributed by atoms with E-state index < -0.39 is 0 Å². The highest BCUT2D eigenvalue weighted by Gasteiger charge is 2.49. The summed E-state index contributed by atoms with van der Waals surface area (Å²) < 4.78 is 0. The van der Waals surface area contributed by atoms with Crippen molar-refractivity contribution in [1.82, 2.24) is 25.0 Å². The molecule has 180 valence electrons. The minimum Gasteiger partial charge on any atom is -0.348 e. The number of amides is 2. The van der Waals surface area contributed by atoms with Crippen molar-refractivity contribution in [2.75, 3.05) is 33.2 Å². The van der Waals surface area contributed by atoms with Gasteiger partial charge in [-0.3, -0.25) is 19.5 Å². The number of carbonyl (C=O) groups is 2. The van der Waals surface area contributed by atoms with Crippen LogP contribution in [0.2, 0.25) is 0 Å². The largest absolute Gasteiger partial charge is 0.348 e.